The predicted octanol–water partition coefficient (Wildman–Crippen LogP) is 3.86. The van der Waals surface area contributed by atoms with Crippen LogP contribution in [0.4, 0.5) is 0 Å². The number of carbonyl (C=O) groups excluding carboxylic acids is 2. The lowest BCUT2D eigenvalue weighted by Crippen LogP contribution is -2.61. The number of aromatic nitrogens is 1. The molecular formula is C26H35N3O3. The highest BCUT2D eigenvalue weighted by Gasteiger charge is 2.57. The van der Waals surface area contributed by atoms with Crippen molar-refractivity contribution in [1.82, 2.24) is 15.2 Å². The van der Waals surface area contributed by atoms with Crippen LogP contribution in [-0.2, 0) is 15.2 Å². The van der Waals surface area contributed by atoms with Crippen LogP contribution in [0.15, 0.2) is 30.5 Å². The van der Waals surface area contributed by atoms with Gasteiger partial charge < -0.3 is 10.0 Å². The summed E-state index contributed by atoms with van der Waals surface area (Å²) >= 11 is 0. The molecule has 3 heterocycles. The zero-order valence-electron chi connectivity index (χ0n) is 19.5. The number of hydrogen-bond donors (Lipinski definition) is 2. The molecule has 2 unspecified atom stereocenters. The Balaban J connectivity index is 0.00000119. The van der Waals surface area contributed by atoms with E-state index in [-0.39, 0.29) is 23.1 Å². The average molecular weight is 438 g/mol. The molecule has 6 nitrogen and oxygen atoms in total. The largest absolute Gasteiger partial charge is 0.384 e. The Morgan fingerprint density at radius 1 is 1.19 bits per heavy atom. The van der Waals surface area contributed by atoms with Gasteiger partial charge >= 0.3 is 0 Å². The van der Waals surface area contributed by atoms with Crippen molar-refractivity contribution < 1.29 is 14.7 Å². The van der Waals surface area contributed by atoms with E-state index in [2.05, 4.69) is 28.2 Å². The molecule has 1 saturated carbocycles. The van der Waals surface area contributed by atoms with Crippen LogP contribution in [0.25, 0.3) is 10.9 Å². The van der Waals surface area contributed by atoms with Crippen molar-refractivity contribution in [2.75, 3.05) is 19.6 Å². The first-order valence-electron chi connectivity index (χ1n) is 12.1. The van der Waals surface area contributed by atoms with E-state index in [4.69, 9.17) is 0 Å². The second-order valence-electron chi connectivity index (χ2n) is 9.29. The first-order chi connectivity index (χ1) is 15.4. The van der Waals surface area contributed by atoms with E-state index in [0.29, 0.717) is 12.8 Å². The Labute approximate surface area is 190 Å². The highest BCUT2D eigenvalue weighted by Crippen LogP contribution is 2.58. The topological polar surface area (TPSA) is 82.5 Å². The van der Waals surface area contributed by atoms with Crippen molar-refractivity contribution in [1.29, 1.82) is 0 Å². The number of carbonyl (C=O) groups is 2. The summed E-state index contributed by atoms with van der Waals surface area (Å²) in [6.07, 6.45) is 6.65. The number of amides is 2. The summed E-state index contributed by atoms with van der Waals surface area (Å²) in [5.41, 5.74) is 1.76. The molecule has 3 fully saturated rings. The fourth-order valence-corrected chi connectivity index (χ4v) is 5.73. The van der Waals surface area contributed by atoms with Gasteiger partial charge in [-0.1, -0.05) is 33.3 Å². The molecule has 2 saturated heterocycles. The molecule has 3 aliphatic rings. The van der Waals surface area contributed by atoms with Gasteiger partial charge in [0.2, 0.25) is 11.8 Å². The summed E-state index contributed by atoms with van der Waals surface area (Å²) in [6.45, 7) is 9.07. The van der Waals surface area contributed by atoms with Crippen LogP contribution in [0.2, 0.25) is 0 Å². The fraction of sp³-hybridized carbons (Fsp3) is 0.577. The van der Waals surface area contributed by atoms with Crippen LogP contribution in [0.3, 0.4) is 0 Å². The molecule has 2 aromatic rings. The maximum absolute atomic E-state index is 12.3. The van der Waals surface area contributed by atoms with Crippen molar-refractivity contribution >= 4 is 22.7 Å². The van der Waals surface area contributed by atoms with Gasteiger partial charge in [-0.15, -0.1) is 0 Å². The summed E-state index contributed by atoms with van der Waals surface area (Å²) in [4.78, 5) is 30.8. The molecule has 2 atom stereocenters. The van der Waals surface area contributed by atoms with Gasteiger partial charge in [-0.05, 0) is 61.6 Å². The Morgan fingerprint density at radius 3 is 2.62 bits per heavy atom. The van der Waals surface area contributed by atoms with E-state index in [1.807, 2.05) is 32.0 Å². The van der Waals surface area contributed by atoms with Crippen LogP contribution < -0.4 is 5.32 Å². The zero-order chi connectivity index (χ0) is 22.9. The summed E-state index contributed by atoms with van der Waals surface area (Å²) in [5.74, 6) is -0.807. The van der Waals surface area contributed by atoms with E-state index in [9.17, 15) is 14.7 Å². The zero-order valence-corrected chi connectivity index (χ0v) is 19.5. The van der Waals surface area contributed by atoms with E-state index >= 15 is 0 Å². The number of imide groups is 1. The molecule has 1 spiro atoms. The molecule has 2 N–H and O–H groups in total. The summed E-state index contributed by atoms with van der Waals surface area (Å²) < 4.78 is 0. The molecular weight excluding hydrogens is 402 g/mol. The minimum atomic E-state index is -0.824. The minimum absolute atomic E-state index is 0.0659. The van der Waals surface area contributed by atoms with Gasteiger partial charge in [-0.25, -0.2) is 0 Å². The lowest BCUT2D eigenvalue weighted by molar-refractivity contribution is -0.178. The fourth-order valence-electron chi connectivity index (χ4n) is 5.73. The normalized spacial score (nSPS) is 27.4. The first kappa shape index (κ1) is 22.9. The molecule has 1 aliphatic carbocycles. The average Bonchev–Trinajstić information content (AvgIpc) is 2.79. The van der Waals surface area contributed by atoms with Crippen LogP contribution in [0.1, 0.15) is 76.3 Å². The molecule has 2 amide bonds. The maximum Gasteiger partial charge on any atom is 0.234 e. The molecule has 5 rings (SSSR count). The number of piperidine rings is 2. The summed E-state index contributed by atoms with van der Waals surface area (Å²) in [6, 6.07) is 8.08. The standard InChI is InChI=1S/C24H29N3O3.C2H6/c1-2-27-11-10-24(30,23(15-27)8-3-9-23)18-4-6-20-16(13-18)12-17(14-25-20)19-5-7-21(28)26-22(19)29;1-2/h4,6,12-14,19,30H,2-3,5,7-11,15H2,1H3,(H,26,28,29);1-2H3. The number of fused-ring (bicyclic) bond motifs is 1. The molecule has 32 heavy (non-hydrogen) atoms. The summed E-state index contributed by atoms with van der Waals surface area (Å²) in [7, 11) is 0. The van der Waals surface area contributed by atoms with Gasteiger partial charge in [0, 0.05) is 36.5 Å². The van der Waals surface area contributed by atoms with Gasteiger partial charge in [-0.3, -0.25) is 19.9 Å². The van der Waals surface area contributed by atoms with Crippen molar-refractivity contribution in [2.45, 2.75) is 70.8 Å². The molecule has 2 aliphatic heterocycles. The molecule has 1 aromatic carbocycles. The van der Waals surface area contributed by atoms with Gasteiger partial charge in [0.15, 0.2) is 0 Å². The quantitative estimate of drug-likeness (QED) is 0.713. The number of pyridine rings is 1. The number of aliphatic hydroxyl groups is 1. The van der Waals surface area contributed by atoms with E-state index in [1.54, 1.807) is 6.20 Å². The SMILES string of the molecule is CC.CCN1CCC(O)(c2ccc3ncc(C4CCC(=O)NC4=O)cc3c2)C2(CCC2)C1. The monoisotopic (exact) mass is 437 g/mol. The summed E-state index contributed by atoms with van der Waals surface area (Å²) in [5, 5.41) is 15.3. The van der Waals surface area contributed by atoms with Gasteiger partial charge in [0.25, 0.3) is 0 Å². The number of nitrogens with zero attached hydrogens (tertiary/aromatic N) is 2. The maximum atomic E-state index is 12.3. The number of benzene rings is 1. The van der Waals surface area contributed by atoms with Crippen molar-refractivity contribution in [2.24, 2.45) is 5.41 Å². The van der Waals surface area contributed by atoms with Crippen LogP contribution in [-0.4, -0.2) is 46.4 Å². The highest BCUT2D eigenvalue weighted by molar-refractivity contribution is 6.01. The lowest BCUT2D eigenvalue weighted by atomic mass is 9.54. The number of rotatable bonds is 3. The Morgan fingerprint density at radius 2 is 1.97 bits per heavy atom. The van der Waals surface area contributed by atoms with Crippen molar-refractivity contribution in [3.63, 3.8) is 0 Å². The molecule has 0 bridgehead atoms. The Hall–Kier alpha value is -2.31. The predicted molar refractivity (Wildman–Crippen MR) is 125 cm³/mol. The van der Waals surface area contributed by atoms with Gasteiger partial charge in [0.05, 0.1) is 17.0 Å². The third-order valence-corrected chi connectivity index (χ3v) is 7.77. The van der Waals surface area contributed by atoms with E-state index < -0.39 is 5.60 Å². The smallest absolute Gasteiger partial charge is 0.234 e. The third-order valence-electron chi connectivity index (χ3n) is 7.77. The molecule has 1 aromatic heterocycles. The number of likely N-dealkylation sites (tertiary alicyclic amines) is 1. The second-order valence-corrected chi connectivity index (χ2v) is 9.29. The Bertz CT molecular complexity index is 1020. The van der Waals surface area contributed by atoms with Gasteiger partial charge in [0.1, 0.15) is 0 Å². The third kappa shape index (κ3) is 3.73. The Kier molecular flexibility index (Phi) is 6.37. The molecule has 0 radical (unpaired) electrons. The van der Waals surface area contributed by atoms with Gasteiger partial charge in [-0.2, -0.15) is 0 Å². The van der Waals surface area contributed by atoms with Crippen molar-refractivity contribution in [3.8, 4) is 0 Å². The highest BCUT2D eigenvalue weighted by atomic mass is 16.3. The van der Waals surface area contributed by atoms with E-state index in [1.165, 1.54) is 6.42 Å². The minimum Gasteiger partial charge on any atom is -0.384 e. The first-order valence-corrected chi connectivity index (χ1v) is 12.1. The van der Waals surface area contributed by atoms with Crippen molar-refractivity contribution in [3.05, 3.63) is 41.6 Å². The van der Waals surface area contributed by atoms with E-state index in [0.717, 1.165) is 60.9 Å². The number of nitrogens with one attached hydrogen (secondary N) is 1. The van der Waals surface area contributed by atoms with Crippen LogP contribution >= 0.6 is 0 Å². The van der Waals surface area contributed by atoms with Crippen LogP contribution in [0, 0.1) is 5.41 Å². The van der Waals surface area contributed by atoms with Crippen LogP contribution in [0.5, 0.6) is 0 Å². The number of hydrogen-bond acceptors (Lipinski definition) is 5. The molecule has 172 valence electrons. The lowest BCUT2D eigenvalue weighted by Gasteiger charge is -2.59. The molecule has 6 heteroatoms. The second kappa shape index (κ2) is 8.91.